The number of hydrogen-bond donors (Lipinski definition) is 0. The summed E-state index contributed by atoms with van der Waals surface area (Å²) in [6, 6.07) is 8.75. The Morgan fingerprint density at radius 1 is 0.742 bits per heavy atom. The van der Waals surface area contributed by atoms with Gasteiger partial charge in [0.05, 0.1) is 6.61 Å². The second-order valence-electron chi connectivity index (χ2n) is 9.44. The zero-order chi connectivity index (χ0) is 22.0. The molecule has 0 atom stereocenters. The molecule has 168 valence electrons. The quantitative estimate of drug-likeness (QED) is 0.466. The molecule has 0 aromatic heterocycles. The molecule has 4 rings (SSSR count). The highest BCUT2D eigenvalue weighted by atomic mass is 19.2. The number of hydrogen-bond acceptors (Lipinski definition) is 1. The summed E-state index contributed by atoms with van der Waals surface area (Å²) < 4.78 is 48.3. The molecule has 2 saturated carbocycles. The number of benzene rings is 2. The summed E-state index contributed by atoms with van der Waals surface area (Å²) >= 11 is 0. The molecular formula is C27H33F3O. The molecule has 0 saturated heterocycles. The molecule has 0 unspecified atom stereocenters. The number of aryl methyl sites for hydroxylation is 1. The van der Waals surface area contributed by atoms with Gasteiger partial charge in [-0.25, -0.2) is 13.2 Å². The van der Waals surface area contributed by atoms with Gasteiger partial charge in [0.2, 0.25) is 0 Å². The maximum Gasteiger partial charge on any atom is 0.162 e. The van der Waals surface area contributed by atoms with E-state index in [9.17, 15) is 13.2 Å². The Morgan fingerprint density at radius 2 is 1.29 bits per heavy atom. The van der Waals surface area contributed by atoms with Crippen LogP contribution in [0.1, 0.15) is 86.8 Å². The Kier molecular flexibility index (Phi) is 6.93. The smallest absolute Gasteiger partial charge is 0.162 e. The van der Waals surface area contributed by atoms with E-state index >= 15 is 0 Å². The lowest BCUT2D eigenvalue weighted by Gasteiger charge is -2.38. The average molecular weight is 431 g/mol. The van der Waals surface area contributed by atoms with Crippen LogP contribution < -0.4 is 4.74 Å². The number of rotatable bonds is 5. The molecule has 0 N–H and O–H groups in total. The normalized spacial score (nSPS) is 26.6. The Hall–Kier alpha value is -1.97. The van der Waals surface area contributed by atoms with E-state index in [4.69, 9.17) is 4.74 Å². The van der Waals surface area contributed by atoms with Crippen molar-refractivity contribution in [2.45, 2.75) is 77.0 Å². The molecule has 0 radical (unpaired) electrons. The van der Waals surface area contributed by atoms with Crippen LogP contribution in [0, 0.1) is 36.2 Å². The van der Waals surface area contributed by atoms with E-state index in [1.165, 1.54) is 6.07 Å². The second kappa shape index (κ2) is 9.67. The standard InChI is InChI=1S/C27H33F3O/c1-3-31-22-13-15-23(25(28)16-22)20-9-5-18(6-10-20)19-7-11-21(12-8-19)24-14-4-17(2)26(29)27(24)30/h4,13-16,18-21H,3,5-12H2,1-2H3. The molecule has 0 amide bonds. The first kappa shape index (κ1) is 22.2. The molecule has 0 spiro atoms. The lowest BCUT2D eigenvalue weighted by Crippen LogP contribution is -2.25. The molecule has 2 aliphatic rings. The van der Waals surface area contributed by atoms with Crippen LogP contribution in [0.5, 0.6) is 5.75 Å². The van der Waals surface area contributed by atoms with Crippen LogP contribution in [0.15, 0.2) is 30.3 Å². The highest BCUT2D eigenvalue weighted by molar-refractivity contribution is 5.31. The fourth-order valence-electron chi connectivity index (χ4n) is 5.87. The summed E-state index contributed by atoms with van der Waals surface area (Å²) in [5.74, 6) is 0.832. The van der Waals surface area contributed by atoms with Crippen molar-refractivity contribution >= 4 is 0 Å². The monoisotopic (exact) mass is 430 g/mol. The van der Waals surface area contributed by atoms with Crippen molar-refractivity contribution in [3.8, 4) is 5.75 Å². The van der Waals surface area contributed by atoms with Crippen molar-refractivity contribution in [3.63, 3.8) is 0 Å². The molecule has 2 aromatic carbocycles. The van der Waals surface area contributed by atoms with Gasteiger partial charge in [0.15, 0.2) is 11.6 Å². The van der Waals surface area contributed by atoms with Gasteiger partial charge in [-0.15, -0.1) is 0 Å². The summed E-state index contributed by atoms with van der Waals surface area (Å²) in [5.41, 5.74) is 1.74. The number of halogens is 3. The van der Waals surface area contributed by atoms with Gasteiger partial charge in [-0.1, -0.05) is 18.2 Å². The van der Waals surface area contributed by atoms with Crippen LogP contribution in [-0.4, -0.2) is 6.61 Å². The molecule has 0 heterocycles. The summed E-state index contributed by atoms with van der Waals surface area (Å²) in [5, 5.41) is 0. The van der Waals surface area contributed by atoms with Gasteiger partial charge in [-0.2, -0.15) is 0 Å². The Balaban J connectivity index is 1.31. The maximum atomic E-state index is 14.6. The molecular weight excluding hydrogens is 397 g/mol. The van der Waals surface area contributed by atoms with E-state index in [2.05, 4.69) is 0 Å². The zero-order valence-corrected chi connectivity index (χ0v) is 18.6. The molecule has 2 fully saturated rings. The zero-order valence-electron chi connectivity index (χ0n) is 18.6. The van der Waals surface area contributed by atoms with Crippen LogP contribution in [0.4, 0.5) is 13.2 Å². The SMILES string of the molecule is CCOc1ccc(C2CCC(C3CCC(c4ccc(C)c(F)c4F)CC3)CC2)c(F)c1. The average Bonchev–Trinajstić information content (AvgIpc) is 2.78. The highest BCUT2D eigenvalue weighted by Gasteiger charge is 2.33. The summed E-state index contributed by atoms with van der Waals surface area (Å²) in [4.78, 5) is 0. The van der Waals surface area contributed by atoms with Gasteiger partial charge in [0.25, 0.3) is 0 Å². The van der Waals surface area contributed by atoms with Crippen molar-refractivity contribution in [2.24, 2.45) is 11.8 Å². The molecule has 4 heteroatoms. The number of ether oxygens (including phenoxy) is 1. The maximum absolute atomic E-state index is 14.6. The fraction of sp³-hybridized carbons (Fsp3) is 0.556. The molecule has 2 aliphatic carbocycles. The third-order valence-electron chi connectivity index (χ3n) is 7.68. The van der Waals surface area contributed by atoms with Crippen molar-refractivity contribution in [2.75, 3.05) is 6.61 Å². The van der Waals surface area contributed by atoms with E-state index < -0.39 is 11.6 Å². The minimum atomic E-state index is -0.695. The van der Waals surface area contributed by atoms with E-state index in [1.807, 2.05) is 19.1 Å². The van der Waals surface area contributed by atoms with Crippen LogP contribution >= 0.6 is 0 Å². The van der Waals surface area contributed by atoms with Crippen molar-refractivity contribution < 1.29 is 17.9 Å². The van der Waals surface area contributed by atoms with Gasteiger partial charge in [0.1, 0.15) is 11.6 Å². The highest BCUT2D eigenvalue weighted by Crippen LogP contribution is 2.46. The third kappa shape index (κ3) is 4.78. The van der Waals surface area contributed by atoms with Crippen LogP contribution in [0.25, 0.3) is 0 Å². The van der Waals surface area contributed by atoms with E-state index in [-0.39, 0.29) is 17.7 Å². The van der Waals surface area contributed by atoms with Gasteiger partial charge in [-0.05, 0) is 112 Å². The lowest BCUT2D eigenvalue weighted by atomic mass is 9.67. The first-order valence-corrected chi connectivity index (χ1v) is 11.8. The molecule has 0 aliphatic heterocycles. The molecule has 0 bridgehead atoms. The van der Waals surface area contributed by atoms with Gasteiger partial charge in [-0.3, -0.25) is 0 Å². The van der Waals surface area contributed by atoms with E-state index in [1.54, 1.807) is 19.1 Å². The van der Waals surface area contributed by atoms with Crippen LogP contribution in [0.2, 0.25) is 0 Å². The van der Waals surface area contributed by atoms with E-state index in [0.29, 0.717) is 35.3 Å². The minimum Gasteiger partial charge on any atom is -0.494 e. The fourth-order valence-corrected chi connectivity index (χ4v) is 5.87. The Labute approximate surface area is 184 Å². The Morgan fingerprint density at radius 3 is 1.84 bits per heavy atom. The molecule has 2 aromatic rings. The van der Waals surface area contributed by atoms with Crippen molar-refractivity contribution in [1.82, 2.24) is 0 Å². The molecule has 31 heavy (non-hydrogen) atoms. The predicted molar refractivity (Wildman–Crippen MR) is 118 cm³/mol. The molecule has 1 nitrogen and oxygen atoms in total. The van der Waals surface area contributed by atoms with E-state index in [0.717, 1.165) is 56.9 Å². The Bertz CT molecular complexity index is 894. The second-order valence-corrected chi connectivity index (χ2v) is 9.44. The van der Waals surface area contributed by atoms with Gasteiger partial charge >= 0.3 is 0 Å². The predicted octanol–water partition coefficient (Wildman–Crippen LogP) is 8.06. The summed E-state index contributed by atoms with van der Waals surface area (Å²) in [7, 11) is 0. The van der Waals surface area contributed by atoms with Gasteiger partial charge < -0.3 is 4.74 Å². The minimum absolute atomic E-state index is 0.126. The third-order valence-corrected chi connectivity index (χ3v) is 7.68. The summed E-state index contributed by atoms with van der Waals surface area (Å²) in [6.07, 6.45) is 8.30. The van der Waals surface area contributed by atoms with Crippen molar-refractivity contribution in [3.05, 3.63) is 64.5 Å². The first-order chi connectivity index (χ1) is 15.0. The summed E-state index contributed by atoms with van der Waals surface area (Å²) in [6.45, 7) is 4.04. The first-order valence-electron chi connectivity index (χ1n) is 11.8. The van der Waals surface area contributed by atoms with Gasteiger partial charge in [0, 0.05) is 6.07 Å². The lowest BCUT2D eigenvalue weighted by molar-refractivity contribution is 0.175. The van der Waals surface area contributed by atoms with Crippen molar-refractivity contribution in [1.29, 1.82) is 0 Å². The topological polar surface area (TPSA) is 9.23 Å². The van der Waals surface area contributed by atoms with Crippen LogP contribution in [0.3, 0.4) is 0 Å². The largest absolute Gasteiger partial charge is 0.494 e. The van der Waals surface area contributed by atoms with Crippen LogP contribution in [-0.2, 0) is 0 Å².